The summed E-state index contributed by atoms with van der Waals surface area (Å²) in [5, 5.41) is 0.285. The summed E-state index contributed by atoms with van der Waals surface area (Å²) < 4.78 is 38.6. The quantitative estimate of drug-likeness (QED) is 0.594. The van der Waals surface area contributed by atoms with E-state index in [0.717, 1.165) is 0 Å². The summed E-state index contributed by atoms with van der Waals surface area (Å²) in [5.74, 6) is 1.16. The predicted molar refractivity (Wildman–Crippen MR) is 104 cm³/mol. The topological polar surface area (TPSA) is 64.6 Å². The third-order valence-corrected chi connectivity index (χ3v) is 5.93. The highest BCUT2D eigenvalue weighted by atomic mass is 35.5. The number of nitrogens with one attached hydrogen (secondary N) is 1. The van der Waals surface area contributed by atoms with Crippen LogP contribution >= 0.6 is 34.8 Å². The highest BCUT2D eigenvalue weighted by Crippen LogP contribution is 2.32. The van der Waals surface area contributed by atoms with Gasteiger partial charge in [0.25, 0.3) is 0 Å². The fourth-order valence-electron chi connectivity index (χ4n) is 2.17. The Kier molecular flexibility index (Phi) is 7.43. The van der Waals surface area contributed by atoms with E-state index in [4.69, 9.17) is 44.3 Å². The average molecular weight is 439 g/mol. The third kappa shape index (κ3) is 5.18. The van der Waals surface area contributed by atoms with Gasteiger partial charge in [-0.2, -0.15) is 0 Å². The second-order valence-corrected chi connectivity index (χ2v) is 8.13. The zero-order valence-corrected chi connectivity index (χ0v) is 17.3. The van der Waals surface area contributed by atoms with Gasteiger partial charge in [0.2, 0.25) is 10.0 Å². The van der Waals surface area contributed by atoms with Gasteiger partial charge in [0.1, 0.15) is 4.90 Å². The van der Waals surface area contributed by atoms with Crippen LogP contribution in [-0.2, 0) is 16.6 Å². The number of rotatable bonds is 8. The van der Waals surface area contributed by atoms with Crippen LogP contribution < -0.4 is 14.2 Å². The Morgan fingerprint density at radius 1 is 0.885 bits per heavy atom. The molecule has 0 spiro atoms. The summed E-state index contributed by atoms with van der Waals surface area (Å²) >= 11 is 17.7. The fraction of sp³-hybridized carbons (Fsp3) is 0.294. The summed E-state index contributed by atoms with van der Waals surface area (Å²) in [4.78, 5) is -0.135. The minimum atomic E-state index is -3.87. The molecule has 2 rings (SSSR count). The normalized spacial score (nSPS) is 11.4. The molecule has 0 atom stereocenters. The van der Waals surface area contributed by atoms with E-state index in [1.54, 1.807) is 18.2 Å². The first kappa shape index (κ1) is 21.1. The molecule has 26 heavy (non-hydrogen) atoms. The van der Waals surface area contributed by atoms with E-state index >= 15 is 0 Å². The molecule has 0 saturated carbocycles. The molecular weight excluding hydrogens is 421 g/mol. The van der Waals surface area contributed by atoms with Crippen LogP contribution in [0.1, 0.15) is 19.4 Å². The predicted octanol–water partition coefficient (Wildman–Crippen LogP) is 4.92. The van der Waals surface area contributed by atoms with Crippen LogP contribution in [0.3, 0.4) is 0 Å². The second-order valence-electron chi connectivity index (χ2n) is 5.17. The van der Waals surface area contributed by atoms with Crippen molar-refractivity contribution in [2.75, 3.05) is 13.2 Å². The first-order valence-corrected chi connectivity index (χ1v) is 10.4. The van der Waals surface area contributed by atoms with Crippen LogP contribution in [0.2, 0.25) is 15.1 Å². The van der Waals surface area contributed by atoms with E-state index in [1.165, 1.54) is 12.1 Å². The van der Waals surface area contributed by atoms with Gasteiger partial charge in [0, 0.05) is 6.54 Å². The minimum absolute atomic E-state index is 0.00593. The molecule has 0 aliphatic rings. The molecule has 5 nitrogen and oxygen atoms in total. The van der Waals surface area contributed by atoms with Crippen LogP contribution in [0.5, 0.6) is 11.5 Å². The van der Waals surface area contributed by atoms with E-state index in [0.29, 0.717) is 30.3 Å². The molecule has 2 aromatic carbocycles. The van der Waals surface area contributed by atoms with Gasteiger partial charge in [0.05, 0.1) is 28.3 Å². The van der Waals surface area contributed by atoms with E-state index in [1.807, 2.05) is 13.8 Å². The van der Waals surface area contributed by atoms with Crippen LogP contribution in [0, 0.1) is 0 Å². The number of benzene rings is 2. The maximum Gasteiger partial charge on any atom is 0.242 e. The van der Waals surface area contributed by atoms with E-state index in [2.05, 4.69) is 4.72 Å². The number of hydrogen-bond donors (Lipinski definition) is 1. The van der Waals surface area contributed by atoms with Crippen molar-refractivity contribution in [3.05, 3.63) is 51.0 Å². The van der Waals surface area contributed by atoms with Crippen LogP contribution in [0.15, 0.2) is 35.2 Å². The molecule has 0 bridgehead atoms. The molecule has 0 aliphatic heterocycles. The summed E-state index contributed by atoms with van der Waals surface area (Å²) in [7, 11) is -3.87. The van der Waals surface area contributed by atoms with Gasteiger partial charge >= 0.3 is 0 Å². The van der Waals surface area contributed by atoms with Crippen LogP contribution in [0.25, 0.3) is 0 Å². The molecule has 0 unspecified atom stereocenters. The number of halogens is 3. The van der Waals surface area contributed by atoms with Crippen molar-refractivity contribution in [1.82, 2.24) is 4.72 Å². The highest BCUT2D eigenvalue weighted by molar-refractivity contribution is 7.89. The average Bonchev–Trinajstić information content (AvgIpc) is 2.58. The molecule has 0 amide bonds. The Morgan fingerprint density at radius 2 is 1.50 bits per heavy atom. The summed E-state index contributed by atoms with van der Waals surface area (Å²) in [6.07, 6.45) is 0. The maximum atomic E-state index is 12.5. The van der Waals surface area contributed by atoms with Gasteiger partial charge in [0.15, 0.2) is 11.5 Å². The number of sulfonamides is 1. The first-order chi connectivity index (χ1) is 12.3. The van der Waals surface area contributed by atoms with Crippen LogP contribution in [-0.4, -0.2) is 21.6 Å². The molecule has 0 heterocycles. The summed E-state index contributed by atoms with van der Waals surface area (Å²) in [5.41, 5.74) is 0.705. The lowest BCUT2D eigenvalue weighted by Crippen LogP contribution is -2.23. The lowest BCUT2D eigenvalue weighted by atomic mass is 10.2. The van der Waals surface area contributed by atoms with Crippen molar-refractivity contribution in [2.24, 2.45) is 0 Å². The van der Waals surface area contributed by atoms with Crippen molar-refractivity contribution in [3.63, 3.8) is 0 Å². The Hall–Kier alpha value is -1.18. The van der Waals surface area contributed by atoms with Crippen LogP contribution in [0.4, 0.5) is 0 Å². The maximum absolute atomic E-state index is 12.5. The van der Waals surface area contributed by atoms with Gasteiger partial charge in [-0.05, 0) is 43.7 Å². The van der Waals surface area contributed by atoms with Crippen molar-refractivity contribution < 1.29 is 17.9 Å². The van der Waals surface area contributed by atoms with Crippen molar-refractivity contribution in [1.29, 1.82) is 0 Å². The zero-order chi connectivity index (χ0) is 19.3. The van der Waals surface area contributed by atoms with Crippen molar-refractivity contribution in [3.8, 4) is 11.5 Å². The first-order valence-electron chi connectivity index (χ1n) is 7.81. The minimum Gasteiger partial charge on any atom is -0.490 e. The molecule has 0 fully saturated rings. The van der Waals surface area contributed by atoms with Gasteiger partial charge in [-0.3, -0.25) is 0 Å². The standard InChI is InChI=1S/C17H18Cl3NO4S/c1-3-24-15-6-5-11(7-16(15)25-4-2)10-21-26(22,23)17-9-13(19)12(18)8-14(17)20/h5-9,21H,3-4,10H2,1-2H3. The van der Waals surface area contributed by atoms with Crippen molar-refractivity contribution in [2.45, 2.75) is 25.3 Å². The molecule has 9 heteroatoms. The Bertz CT molecular complexity index is 888. The molecule has 142 valence electrons. The highest BCUT2D eigenvalue weighted by Gasteiger charge is 2.20. The van der Waals surface area contributed by atoms with E-state index in [-0.39, 0.29) is 26.5 Å². The molecule has 0 saturated heterocycles. The smallest absolute Gasteiger partial charge is 0.242 e. The molecule has 0 radical (unpaired) electrons. The molecule has 2 aromatic rings. The van der Waals surface area contributed by atoms with Gasteiger partial charge in [-0.25, -0.2) is 13.1 Å². The lowest BCUT2D eigenvalue weighted by molar-refractivity contribution is 0.287. The van der Waals surface area contributed by atoms with Crippen molar-refractivity contribution >= 4 is 44.8 Å². The van der Waals surface area contributed by atoms with Gasteiger partial charge in [-0.15, -0.1) is 0 Å². The van der Waals surface area contributed by atoms with E-state index < -0.39 is 10.0 Å². The summed E-state index contributed by atoms with van der Waals surface area (Å²) in [6.45, 7) is 4.75. The molecule has 1 N–H and O–H groups in total. The lowest BCUT2D eigenvalue weighted by Gasteiger charge is -2.13. The largest absolute Gasteiger partial charge is 0.490 e. The Labute approximate surface area is 168 Å². The summed E-state index contributed by atoms with van der Waals surface area (Å²) in [6, 6.07) is 7.74. The fourth-order valence-corrected chi connectivity index (χ4v) is 4.19. The Morgan fingerprint density at radius 3 is 2.15 bits per heavy atom. The molecule has 0 aliphatic carbocycles. The zero-order valence-electron chi connectivity index (χ0n) is 14.2. The Balaban J connectivity index is 2.22. The van der Waals surface area contributed by atoms with E-state index in [9.17, 15) is 8.42 Å². The number of hydrogen-bond acceptors (Lipinski definition) is 4. The molecule has 0 aromatic heterocycles. The third-order valence-electron chi connectivity index (χ3n) is 3.34. The SMILES string of the molecule is CCOc1ccc(CNS(=O)(=O)c2cc(Cl)c(Cl)cc2Cl)cc1OCC. The number of ether oxygens (including phenoxy) is 2. The van der Waals surface area contributed by atoms with Gasteiger partial charge < -0.3 is 9.47 Å². The monoisotopic (exact) mass is 437 g/mol. The second kappa shape index (κ2) is 9.15. The molecular formula is C17H18Cl3NO4S. The van der Waals surface area contributed by atoms with Gasteiger partial charge in [-0.1, -0.05) is 40.9 Å².